The number of ether oxygens (including phenoxy) is 1. The van der Waals surface area contributed by atoms with Crippen LogP contribution in [0.5, 0.6) is 5.75 Å². The zero-order valence-corrected chi connectivity index (χ0v) is 22.5. The number of hydrogen-bond acceptors (Lipinski definition) is 4. The fourth-order valence-corrected chi connectivity index (χ4v) is 6.85. The summed E-state index contributed by atoms with van der Waals surface area (Å²) in [5.74, 6) is 1.74. The molecule has 1 saturated carbocycles. The fraction of sp³-hybridized carbons (Fsp3) is 0.406. The number of nitrogens with zero attached hydrogens (tertiary/aromatic N) is 1. The first kappa shape index (κ1) is 24.4. The van der Waals surface area contributed by atoms with Crippen LogP contribution in [-0.4, -0.2) is 25.6 Å². The number of rotatable bonds is 6. The standard InChI is InChI=1S/C32H36N2O2S/c1-23-12-14-28-26(17-23)11-6-16-32(28)21-34(20-25-9-5-10-25)29-19-27(13-15-30(29)36-22-32)37-33-31(35)18-24-7-3-2-4-8-24/h2-4,7-8,12-15,17,19,25H,5-6,9-11,16,18,20-22H2,1H3,(H,33,35). The number of nitrogens with one attached hydrogen (secondary N) is 1. The molecule has 0 saturated heterocycles. The number of anilines is 1. The van der Waals surface area contributed by atoms with Crippen LogP contribution in [0, 0.1) is 12.8 Å². The zero-order valence-electron chi connectivity index (χ0n) is 21.7. The van der Waals surface area contributed by atoms with Crippen LogP contribution < -0.4 is 14.4 Å². The van der Waals surface area contributed by atoms with Crippen LogP contribution in [0.1, 0.15) is 54.4 Å². The van der Waals surface area contributed by atoms with Gasteiger partial charge in [0, 0.05) is 23.4 Å². The molecule has 0 radical (unpaired) electrons. The molecule has 3 aromatic carbocycles. The molecule has 1 N–H and O–H groups in total. The highest BCUT2D eigenvalue weighted by Gasteiger charge is 2.42. The second-order valence-electron chi connectivity index (χ2n) is 11.2. The van der Waals surface area contributed by atoms with Gasteiger partial charge in [-0.05, 0) is 91.8 Å². The Balaban J connectivity index is 1.25. The van der Waals surface area contributed by atoms with Crippen LogP contribution in [0.4, 0.5) is 5.69 Å². The minimum absolute atomic E-state index is 0.0151. The van der Waals surface area contributed by atoms with E-state index in [1.54, 1.807) is 0 Å². The largest absolute Gasteiger partial charge is 0.490 e. The molecule has 1 amide bonds. The molecular weight excluding hydrogens is 476 g/mol. The van der Waals surface area contributed by atoms with Crippen molar-refractivity contribution in [2.75, 3.05) is 24.6 Å². The fourth-order valence-electron chi connectivity index (χ4n) is 6.24. The zero-order chi connectivity index (χ0) is 25.2. The van der Waals surface area contributed by atoms with E-state index in [1.807, 2.05) is 30.3 Å². The molecule has 6 rings (SSSR count). The second-order valence-corrected chi connectivity index (χ2v) is 12.1. The summed E-state index contributed by atoms with van der Waals surface area (Å²) < 4.78 is 9.66. The minimum Gasteiger partial charge on any atom is -0.490 e. The molecule has 37 heavy (non-hydrogen) atoms. The van der Waals surface area contributed by atoms with E-state index < -0.39 is 0 Å². The molecule has 1 aliphatic heterocycles. The summed E-state index contributed by atoms with van der Waals surface area (Å²) in [5.41, 5.74) is 6.54. The molecule has 0 bridgehead atoms. The van der Waals surface area contributed by atoms with Crippen molar-refractivity contribution in [1.82, 2.24) is 4.72 Å². The average molecular weight is 513 g/mol. The van der Waals surface area contributed by atoms with Crippen molar-refractivity contribution in [3.63, 3.8) is 0 Å². The van der Waals surface area contributed by atoms with Gasteiger partial charge in [-0.1, -0.05) is 60.5 Å². The lowest BCUT2D eigenvalue weighted by molar-refractivity contribution is -0.118. The van der Waals surface area contributed by atoms with Gasteiger partial charge in [0.2, 0.25) is 5.91 Å². The van der Waals surface area contributed by atoms with Crippen LogP contribution in [0.15, 0.2) is 71.6 Å². The number of amides is 1. The molecule has 3 aromatic rings. The average Bonchev–Trinajstić information content (AvgIpc) is 3.03. The quantitative estimate of drug-likeness (QED) is 0.376. The van der Waals surface area contributed by atoms with E-state index in [1.165, 1.54) is 60.0 Å². The van der Waals surface area contributed by atoms with Crippen LogP contribution in [0.3, 0.4) is 0 Å². The van der Waals surface area contributed by atoms with Crippen molar-refractivity contribution in [3.05, 3.63) is 89.0 Å². The number of carbonyl (C=O) groups is 1. The van der Waals surface area contributed by atoms with E-state index in [-0.39, 0.29) is 11.3 Å². The van der Waals surface area contributed by atoms with Crippen molar-refractivity contribution >= 4 is 23.5 Å². The van der Waals surface area contributed by atoms with Crippen LogP contribution in [0.2, 0.25) is 0 Å². The molecule has 0 aromatic heterocycles. The van der Waals surface area contributed by atoms with Gasteiger partial charge in [0.05, 0.1) is 18.7 Å². The summed E-state index contributed by atoms with van der Waals surface area (Å²) in [6, 6.07) is 23.3. The van der Waals surface area contributed by atoms with Gasteiger partial charge in [-0.15, -0.1) is 0 Å². The molecule has 3 aliphatic rings. The maximum atomic E-state index is 12.6. The topological polar surface area (TPSA) is 41.6 Å². The predicted octanol–water partition coefficient (Wildman–Crippen LogP) is 6.63. The maximum absolute atomic E-state index is 12.6. The molecule has 1 atom stereocenters. The normalized spacial score (nSPS) is 20.8. The highest BCUT2D eigenvalue weighted by Crippen LogP contribution is 2.45. The van der Waals surface area contributed by atoms with E-state index in [0.717, 1.165) is 54.7 Å². The Morgan fingerprint density at radius 2 is 1.95 bits per heavy atom. The first-order chi connectivity index (χ1) is 18.1. The van der Waals surface area contributed by atoms with Crippen molar-refractivity contribution in [1.29, 1.82) is 0 Å². The van der Waals surface area contributed by atoms with E-state index in [0.29, 0.717) is 6.42 Å². The molecule has 1 heterocycles. The number of fused-ring (bicyclic) bond motifs is 3. The summed E-state index contributed by atoms with van der Waals surface area (Å²) >= 11 is 1.40. The highest BCUT2D eigenvalue weighted by molar-refractivity contribution is 7.98. The van der Waals surface area contributed by atoms with Gasteiger partial charge in [0.1, 0.15) is 5.75 Å². The van der Waals surface area contributed by atoms with Crippen LogP contribution in [0.25, 0.3) is 0 Å². The maximum Gasteiger partial charge on any atom is 0.234 e. The molecule has 4 nitrogen and oxygen atoms in total. The lowest BCUT2D eigenvalue weighted by atomic mass is 9.69. The summed E-state index contributed by atoms with van der Waals surface area (Å²) in [6.07, 6.45) is 7.91. The number of carbonyl (C=O) groups excluding carboxylic acids is 1. The van der Waals surface area contributed by atoms with Gasteiger partial charge in [-0.25, -0.2) is 0 Å². The summed E-state index contributed by atoms with van der Waals surface area (Å²) in [7, 11) is 0. The second kappa shape index (κ2) is 10.4. The SMILES string of the molecule is Cc1ccc2c(c1)CCCC21COc2ccc(SNC(=O)Cc3ccccc3)cc2N(CC2CCC2)C1. The molecule has 5 heteroatoms. The van der Waals surface area contributed by atoms with Crippen molar-refractivity contribution < 1.29 is 9.53 Å². The molecular formula is C32H36N2O2S. The van der Waals surface area contributed by atoms with E-state index in [9.17, 15) is 4.79 Å². The van der Waals surface area contributed by atoms with Gasteiger partial charge in [0.25, 0.3) is 0 Å². The summed E-state index contributed by atoms with van der Waals surface area (Å²) in [5, 5.41) is 0. The van der Waals surface area contributed by atoms with Crippen LogP contribution in [-0.2, 0) is 23.1 Å². The third kappa shape index (κ3) is 5.24. The molecule has 1 spiro atoms. The molecule has 1 fully saturated rings. The smallest absolute Gasteiger partial charge is 0.234 e. The van der Waals surface area contributed by atoms with Crippen molar-refractivity contribution in [2.45, 2.75) is 62.2 Å². The molecule has 1 unspecified atom stereocenters. The Hall–Kier alpha value is -2.92. The van der Waals surface area contributed by atoms with E-state index in [4.69, 9.17) is 4.74 Å². The van der Waals surface area contributed by atoms with Crippen LogP contribution >= 0.6 is 11.9 Å². The molecule has 2 aliphatic carbocycles. The van der Waals surface area contributed by atoms with E-state index >= 15 is 0 Å². The number of hydrogen-bond donors (Lipinski definition) is 1. The Bertz CT molecular complexity index is 1270. The Morgan fingerprint density at radius 3 is 2.76 bits per heavy atom. The Kier molecular flexibility index (Phi) is 6.90. The van der Waals surface area contributed by atoms with Crippen molar-refractivity contribution in [2.24, 2.45) is 5.92 Å². The first-order valence-electron chi connectivity index (χ1n) is 13.7. The summed E-state index contributed by atoms with van der Waals surface area (Å²) in [4.78, 5) is 16.2. The third-order valence-corrected chi connectivity index (χ3v) is 9.22. The highest BCUT2D eigenvalue weighted by atomic mass is 32.2. The third-order valence-electron chi connectivity index (χ3n) is 8.40. The Labute approximate surface area is 224 Å². The summed E-state index contributed by atoms with van der Waals surface area (Å²) in [6.45, 7) is 4.98. The van der Waals surface area contributed by atoms with E-state index in [2.05, 4.69) is 52.9 Å². The first-order valence-corrected chi connectivity index (χ1v) is 14.5. The minimum atomic E-state index is 0.0151. The van der Waals surface area contributed by atoms with Gasteiger partial charge < -0.3 is 9.64 Å². The number of benzene rings is 3. The van der Waals surface area contributed by atoms with Gasteiger partial charge >= 0.3 is 0 Å². The van der Waals surface area contributed by atoms with Gasteiger partial charge in [-0.2, -0.15) is 0 Å². The van der Waals surface area contributed by atoms with Gasteiger partial charge in [0.15, 0.2) is 0 Å². The lowest BCUT2D eigenvalue weighted by Crippen LogP contribution is -2.47. The predicted molar refractivity (Wildman–Crippen MR) is 151 cm³/mol. The lowest BCUT2D eigenvalue weighted by Gasteiger charge is -2.42. The van der Waals surface area contributed by atoms with Gasteiger partial charge in [-0.3, -0.25) is 9.52 Å². The number of aryl methyl sites for hydroxylation is 2. The Morgan fingerprint density at radius 1 is 1.08 bits per heavy atom. The van der Waals surface area contributed by atoms with Crippen molar-refractivity contribution in [3.8, 4) is 5.75 Å². The molecule has 192 valence electrons. The monoisotopic (exact) mass is 512 g/mol.